The monoisotopic (exact) mass is 291 g/mol. The van der Waals surface area contributed by atoms with Gasteiger partial charge in [-0.1, -0.05) is 30.3 Å². The molecule has 0 bridgehead atoms. The van der Waals surface area contributed by atoms with Crippen LogP contribution in [0.15, 0.2) is 30.3 Å². The molecular formula is C15H17NO5. The van der Waals surface area contributed by atoms with Gasteiger partial charge in [0.2, 0.25) is 0 Å². The van der Waals surface area contributed by atoms with Crippen molar-refractivity contribution in [1.29, 1.82) is 0 Å². The van der Waals surface area contributed by atoms with Gasteiger partial charge in [0.15, 0.2) is 0 Å². The molecule has 1 aromatic rings. The van der Waals surface area contributed by atoms with E-state index in [-0.39, 0.29) is 6.61 Å². The lowest BCUT2D eigenvalue weighted by atomic mass is 10.2. The van der Waals surface area contributed by atoms with E-state index in [2.05, 4.69) is 4.74 Å². The van der Waals surface area contributed by atoms with E-state index in [0.29, 0.717) is 19.1 Å². The largest absolute Gasteiger partial charge is 0.467 e. The Morgan fingerprint density at radius 1 is 1.29 bits per heavy atom. The number of methoxy groups -OCH3 is 1. The van der Waals surface area contributed by atoms with Crippen LogP contribution in [0.3, 0.4) is 0 Å². The molecule has 1 aliphatic heterocycles. The fourth-order valence-corrected chi connectivity index (χ4v) is 2.40. The summed E-state index contributed by atoms with van der Waals surface area (Å²) in [6.45, 7) is 0.0929. The summed E-state index contributed by atoms with van der Waals surface area (Å²) < 4.78 is 9.86. The smallest absolute Gasteiger partial charge is 0.411 e. The minimum atomic E-state index is -0.756. The van der Waals surface area contributed by atoms with Gasteiger partial charge in [-0.25, -0.2) is 9.59 Å². The van der Waals surface area contributed by atoms with Crippen LogP contribution in [0.25, 0.3) is 0 Å². The first-order chi connectivity index (χ1) is 10.2. The summed E-state index contributed by atoms with van der Waals surface area (Å²) in [4.78, 5) is 36.1. The summed E-state index contributed by atoms with van der Waals surface area (Å²) >= 11 is 0. The average Bonchev–Trinajstić information content (AvgIpc) is 2.96. The lowest BCUT2D eigenvalue weighted by Crippen LogP contribution is -2.46. The molecule has 21 heavy (non-hydrogen) atoms. The van der Waals surface area contributed by atoms with Gasteiger partial charge < -0.3 is 14.3 Å². The number of carbonyl (C=O) groups is 3. The molecule has 1 aliphatic rings. The predicted octanol–water partition coefficient (Wildman–Crippen LogP) is 1.53. The highest BCUT2D eigenvalue weighted by molar-refractivity contribution is 5.84. The number of benzene rings is 1. The maximum atomic E-state index is 12.2. The first-order valence-electron chi connectivity index (χ1n) is 6.69. The second kappa shape index (κ2) is 6.88. The number of esters is 1. The second-order valence-corrected chi connectivity index (χ2v) is 4.77. The fourth-order valence-electron chi connectivity index (χ4n) is 2.40. The Bertz CT molecular complexity index is 516. The van der Waals surface area contributed by atoms with E-state index in [9.17, 15) is 14.4 Å². The van der Waals surface area contributed by atoms with Crippen molar-refractivity contribution in [3.8, 4) is 0 Å². The average molecular weight is 291 g/mol. The van der Waals surface area contributed by atoms with E-state index in [1.54, 1.807) is 0 Å². The van der Waals surface area contributed by atoms with Crippen LogP contribution in [0.4, 0.5) is 4.79 Å². The summed E-state index contributed by atoms with van der Waals surface area (Å²) in [7, 11) is 1.25. The fraction of sp³-hybridized carbons (Fsp3) is 0.400. The van der Waals surface area contributed by atoms with Crippen molar-refractivity contribution in [2.24, 2.45) is 0 Å². The summed E-state index contributed by atoms with van der Waals surface area (Å²) in [5.74, 6) is -0.531. The van der Waals surface area contributed by atoms with Crippen molar-refractivity contribution in [1.82, 2.24) is 4.90 Å². The number of ether oxygens (including phenoxy) is 2. The number of carbonyl (C=O) groups excluding carboxylic acids is 3. The number of likely N-dealkylation sites (tertiary alicyclic amines) is 1. The molecule has 2 atom stereocenters. The number of hydrogen-bond donors (Lipinski definition) is 0. The zero-order valence-corrected chi connectivity index (χ0v) is 11.7. The molecule has 1 amide bonds. The summed E-state index contributed by atoms with van der Waals surface area (Å²) in [6, 6.07) is 7.79. The van der Waals surface area contributed by atoms with Crippen molar-refractivity contribution < 1.29 is 23.9 Å². The van der Waals surface area contributed by atoms with E-state index in [4.69, 9.17) is 4.74 Å². The molecule has 6 heteroatoms. The number of aldehydes is 1. The Hall–Kier alpha value is -2.37. The van der Waals surface area contributed by atoms with Crippen LogP contribution in [-0.4, -0.2) is 42.4 Å². The normalized spacial score (nSPS) is 20.9. The van der Waals surface area contributed by atoms with Gasteiger partial charge >= 0.3 is 12.1 Å². The standard InChI is InChI=1S/C15H17NO5/c1-20-14(18)13-8-7-12(9-17)16(13)15(19)21-10-11-5-3-2-4-6-11/h2-6,9,12-13H,7-8,10H2,1H3/t12-,13+/m1/s1. The number of hydrogen-bond acceptors (Lipinski definition) is 5. The zero-order valence-electron chi connectivity index (χ0n) is 11.7. The van der Waals surface area contributed by atoms with Crippen LogP contribution in [-0.2, 0) is 25.7 Å². The van der Waals surface area contributed by atoms with Crippen molar-refractivity contribution in [3.63, 3.8) is 0 Å². The SMILES string of the molecule is COC(=O)[C@@H]1CC[C@H](C=O)N1C(=O)OCc1ccccc1. The molecule has 2 rings (SSSR count). The molecule has 0 N–H and O–H groups in total. The summed E-state index contributed by atoms with van der Waals surface area (Å²) in [6.07, 6.45) is 0.816. The Morgan fingerprint density at radius 2 is 2.00 bits per heavy atom. The Balaban J connectivity index is 2.03. The Labute approximate surface area is 122 Å². The van der Waals surface area contributed by atoms with Gasteiger partial charge in [-0.05, 0) is 18.4 Å². The van der Waals surface area contributed by atoms with Crippen LogP contribution in [0.1, 0.15) is 18.4 Å². The van der Waals surface area contributed by atoms with Gasteiger partial charge in [-0.2, -0.15) is 0 Å². The van der Waals surface area contributed by atoms with Gasteiger partial charge in [-0.3, -0.25) is 4.90 Å². The lowest BCUT2D eigenvalue weighted by Gasteiger charge is -2.25. The van der Waals surface area contributed by atoms with Crippen LogP contribution in [0.5, 0.6) is 0 Å². The van der Waals surface area contributed by atoms with Crippen molar-refractivity contribution in [2.75, 3.05) is 7.11 Å². The third kappa shape index (κ3) is 3.39. The van der Waals surface area contributed by atoms with Gasteiger partial charge in [-0.15, -0.1) is 0 Å². The van der Waals surface area contributed by atoms with Crippen LogP contribution >= 0.6 is 0 Å². The van der Waals surface area contributed by atoms with Crippen LogP contribution in [0.2, 0.25) is 0 Å². The van der Waals surface area contributed by atoms with Gasteiger partial charge in [0, 0.05) is 0 Å². The molecule has 1 saturated heterocycles. The molecule has 6 nitrogen and oxygen atoms in total. The minimum Gasteiger partial charge on any atom is -0.467 e. The molecule has 1 aromatic carbocycles. The Morgan fingerprint density at radius 3 is 2.62 bits per heavy atom. The van der Waals surface area contributed by atoms with Gasteiger partial charge in [0.05, 0.1) is 13.2 Å². The third-order valence-electron chi connectivity index (χ3n) is 3.48. The lowest BCUT2D eigenvalue weighted by molar-refractivity contribution is -0.145. The van der Waals surface area contributed by atoms with E-state index in [1.165, 1.54) is 12.0 Å². The summed E-state index contributed by atoms with van der Waals surface area (Å²) in [5, 5.41) is 0. The molecule has 0 spiro atoms. The van der Waals surface area contributed by atoms with Gasteiger partial charge in [0.1, 0.15) is 18.9 Å². The first kappa shape index (κ1) is 15.0. The number of rotatable bonds is 4. The minimum absolute atomic E-state index is 0.0929. The highest BCUT2D eigenvalue weighted by atomic mass is 16.6. The van der Waals surface area contributed by atoms with E-state index < -0.39 is 24.1 Å². The highest BCUT2D eigenvalue weighted by Gasteiger charge is 2.42. The third-order valence-corrected chi connectivity index (χ3v) is 3.48. The summed E-state index contributed by atoms with van der Waals surface area (Å²) in [5.41, 5.74) is 0.835. The molecule has 0 saturated carbocycles. The highest BCUT2D eigenvalue weighted by Crippen LogP contribution is 2.25. The molecule has 1 heterocycles. The van der Waals surface area contributed by atoms with Crippen molar-refractivity contribution in [3.05, 3.63) is 35.9 Å². The quantitative estimate of drug-likeness (QED) is 0.621. The van der Waals surface area contributed by atoms with Crippen molar-refractivity contribution >= 4 is 18.3 Å². The maximum Gasteiger partial charge on any atom is 0.411 e. The molecule has 0 radical (unpaired) electrons. The second-order valence-electron chi connectivity index (χ2n) is 4.77. The van der Waals surface area contributed by atoms with E-state index >= 15 is 0 Å². The molecule has 0 aliphatic carbocycles. The van der Waals surface area contributed by atoms with Crippen molar-refractivity contribution in [2.45, 2.75) is 31.5 Å². The first-order valence-corrected chi connectivity index (χ1v) is 6.69. The van der Waals surface area contributed by atoms with Crippen LogP contribution < -0.4 is 0 Å². The van der Waals surface area contributed by atoms with Crippen LogP contribution in [0, 0.1) is 0 Å². The zero-order chi connectivity index (χ0) is 15.2. The Kier molecular flexibility index (Phi) is 4.92. The predicted molar refractivity (Wildman–Crippen MR) is 73.4 cm³/mol. The molecule has 0 aromatic heterocycles. The van der Waals surface area contributed by atoms with E-state index in [0.717, 1.165) is 5.56 Å². The van der Waals surface area contributed by atoms with E-state index in [1.807, 2.05) is 30.3 Å². The molecular weight excluding hydrogens is 274 g/mol. The number of amides is 1. The van der Waals surface area contributed by atoms with Gasteiger partial charge in [0.25, 0.3) is 0 Å². The number of nitrogens with zero attached hydrogens (tertiary/aromatic N) is 1. The maximum absolute atomic E-state index is 12.2. The molecule has 112 valence electrons. The topological polar surface area (TPSA) is 72.9 Å². The molecule has 1 fully saturated rings. The molecule has 0 unspecified atom stereocenters.